The predicted molar refractivity (Wildman–Crippen MR) is 113 cm³/mol. The molecule has 0 N–H and O–H groups in total. The lowest BCUT2D eigenvalue weighted by molar-refractivity contribution is -0.116. The van der Waals surface area contributed by atoms with E-state index in [0.717, 1.165) is 40.4 Å². The van der Waals surface area contributed by atoms with Crippen LogP contribution in [0.4, 0.5) is 5.69 Å². The van der Waals surface area contributed by atoms with Gasteiger partial charge in [0.25, 0.3) is 0 Å². The van der Waals surface area contributed by atoms with Crippen molar-refractivity contribution >= 4 is 32.2 Å². The second-order valence-corrected chi connectivity index (χ2v) is 9.52. The largest absolute Gasteiger partial charge is 0.308 e. The fourth-order valence-electron chi connectivity index (χ4n) is 4.03. The molecule has 0 radical (unpaired) electrons. The summed E-state index contributed by atoms with van der Waals surface area (Å²) in [5, 5.41) is 1.91. The van der Waals surface area contributed by atoms with Crippen LogP contribution in [0.25, 0.3) is 10.8 Å². The zero-order valence-corrected chi connectivity index (χ0v) is 16.7. The molecule has 0 aromatic heterocycles. The van der Waals surface area contributed by atoms with Gasteiger partial charge in [-0.15, -0.1) is 0 Å². The third kappa shape index (κ3) is 3.67. The molecule has 1 heterocycles. The number of fused-ring (bicyclic) bond motifs is 2. The highest BCUT2D eigenvalue weighted by atomic mass is 32.2. The number of rotatable bonds is 4. The molecule has 0 bridgehead atoms. The van der Waals surface area contributed by atoms with Crippen molar-refractivity contribution in [1.82, 2.24) is 0 Å². The molecule has 0 aliphatic carbocycles. The van der Waals surface area contributed by atoms with Crippen molar-refractivity contribution in [3.8, 4) is 0 Å². The number of anilines is 1. The van der Waals surface area contributed by atoms with E-state index in [4.69, 9.17) is 0 Å². The van der Waals surface area contributed by atoms with Crippen molar-refractivity contribution in [2.24, 2.45) is 0 Å². The molecular formula is C23H23NO3S. The number of nitrogens with zero attached hydrogens (tertiary/aromatic N) is 1. The Morgan fingerprint density at radius 2 is 1.71 bits per heavy atom. The van der Waals surface area contributed by atoms with Crippen molar-refractivity contribution in [3.05, 3.63) is 77.9 Å². The smallest absolute Gasteiger partial charge is 0.242 e. The lowest BCUT2D eigenvalue weighted by Crippen LogP contribution is -2.45. The normalized spacial score (nSPS) is 16.8. The van der Waals surface area contributed by atoms with E-state index in [1.165, 1.54) is 0 Å². The van der Waals surface area contributed by atoms with E-state index >= 15 is 0 Å². The number of hydrogen-bond donors (Lipinski definition) is 0. The zero-order chi connectivity index (χ0) is 19.7. The molecule has 0 saturated heterocycles. The van der Waals surface area contributed by atoms with Gasteiger partial charge < -0.3 is 4.90 Å². The van der Waals surface area contributed by atoms with Crippen LogP contribution in [-0.4, -0.2) is 26.1 Å². The standard InChI is InChI=1S/C23H23NO3S/c1-17-13-14-19-8-3-5-12-22(19)24(17)23(25)16-28(26,27)15-20-10-6-9-18-7-2-4-11-21(18)20/h2-12,17H,13-16H2,1H3. The second-order valence-electron chi connectivity index (χ2n) is 7.45. The molecule has 144 valence electrons. The van der Waals surface area contributed by atoms with E-state index in [2.05, 4.69) is 0 Å². The number of hydrogen-bond acceptors (Lipinski definition) is 3. The van der Waals surface area contributed by atoms with Crippen LogP contribution in [0.5, 0.6) is 0 Å². The average Bonchev–Trinajstić information content (AvgIpc) is 2.67. The van der Waals surface area contributed by atoms with Crippen LogP contribution in [0.3, 0.4) is 0 Å². The summed E-state index contributed by atoms with van der Waals surface area (Å²) in [6, 6.07) is 21.1. The number of benzene rings is 3. The quantitative estimate of drug-likeness (QED) is 0.670. The van der Waals surface area contributed by atoms with Crippen LogP contribution in [0.1, 0.15) is 24.5 Å². The number of carbonyl (C=O) groups is 1. The van der Waals surface area contributed by atoms with Crippen molar-refractivity contribution in [1.29, 1.82) is 0 Å². The molecule has 0 saturated carbocycles. The summed E-state index contributed by atoms with van der Waals surface area (Å²) in [7, 11) is -3.59. The first kappa shape index (κ1) is 18.7. The van der Waals surface area contributed by atoms with Crippen molar-refractivity contribution in [3.63, 3.8) is 0 Å². The van der Waals surface area contributed by atoms with Crippen molar-refractivity contribution < 1.29 is 13.2 Å². The second kappa shape index (κ2) is 7.40. The Morgan fingerprint density at radius 3 is 2.57 bits per heavy atom. The first-order valence-electron chi connectivity index (χ1n) is 9.52. The minimum absolute atomic E-state index is 0.00449. The van der Waals surface area contributed by atoms with Gasteiger partial charge in [-0.05, 0) is 47.7 Å². The maximum Gasteiger partial charge on any atom is 0.242 e. The summed E-state index contributed by atoms with van der Waals surface area (Å²) in [5.41, 5.74) is 2.67. The van der Waals surface area contributed by atoms with E-state index in [-0.39, 0.29) is 17.7 Å². The summed E-state index contributed by atoms with van der Waals surface area (Å²) in [6.07, 6.45) is 1.75. The van der Waals surface area contributed by atoms with Crippen LogP contribution < -0.4 is 4.90 Å². The van der Waals surface area contributed by atoms with Crippen LogP contribution >= 0.6 is 0 Å². The Morgan fingerprint density at radius 1 is 1.00 bits per heavy atom. The van der Waals surface area contributed by atoms with Gasteiger partial charge in [0.05, 0.1) is 5.75 Å². The highest BCUT2D eigenvalue weighted by molar-refractivity contribution is 7.91. The van der Waals surface area contributed by atoms with Gasteiger partial charge in [-0.3, -0.25) is 4.79 Å². The molecule has 1 amide bonds. The molecule has 4 rings (SSSR count). The van der Waals surface area contributed by atoms with Gasteiger partial charge in [-0.1, -0.05) is 60.7 Å². The fraction of sp³-hybridized carbons (Fsp3) is 0.261. The van der Waals surface area contributed by atoms with Crippen LogP contribution in [0.2, 0.25) is 0 Å². The van der Waals surface area contributed by atoms with Crippen LogP contribution in [-0.2, 0) is 26.8 Å². The van der Waals surface area contributed by atoms with E-state index in [1.807, 2.05) is 73.7 Å². The molecule has 1 aliphatic heterocycles. The minimum Gasteiger partial charge on any atom is -0.308 e. The number of para-hydroxylation sites is 1. The van der Waals surface area contributed by atoms with E-state index in [0.29, 0.717) is 0 Å². The fourth-order valence-corrected chi connectivity index (χ4v) is 5.38. The van der Waals surface area contributed by atoms with Gasteiger partial charge in [0.15, 0.2) is 9.84 Å². The molecule has 1 unspecified atom stereocenters. The Labute approximate surface area is 165 Å². The lowest BCUT2D eigenvalue weighted by Gasteiger charge is -2.35. The average molecular weight is 394 g/mol. The van der Waals surface area contributed by atoms with Crippen molar-refractivity contribution in [2.75, 3.05) is 10.7 Å². The van der Waals surface area contributed by atoms with E-state index < -0.39 is 15.6 Å². The summed E-state index contributed by atoms with van der Waals surface area (Å²) in [4.78, 5) is 14.7. The van der Waals surface area contributed by atoms with Gasteiger partial charge in [0, 0.05) is 11.7 Å². The lowest BCUT2D eigenvalue weighted by atomic mass is 9.97. The molecule has 28 heavy (non-hydrogen) atoms. The molecular weight excluding hydrogens is 370 g/mol. The summed E-state index contributed by atoms with van der Waals surface area (Å²) in [6.45, 7) is 1.98. The predicted octanol–water partition coefficient (Wildman–Crippen LogP) is 4.12. The van der Waals surface area contributed by atoms with Crippen LogP contribution in [0.15, 0.2) is 66.7 Å². The first-order chi connectivity index (χ1) is 13.4. The molecule has 1 aliphatic rings. The number of aryl methyl sites for hydroxylation is 1. The Kier molecular flexibility index (Phi) is 4.94. The monoisotopic (exact) mass is 393 g/mol. The number of sulfone groups is 1. The van der Waals surface area contributed by atoms with Gasteiger partial charge in [-0.25, -0.2) is 8.42 Å². The third-order valence-electron chi connectivity index (χ3n) is 5.39. The highest BCUT2D eigenvalue weighted by Crippen LogP contribution is 2.31. The molecule has 0 fully saturated rings. The Balaban J connectivity index is 1.59. The zero-order valence-electron chi connectivity index (χ0n) is 15.8. The maximum atomic E-state index is 13.0. The van der Waals surface area contributed by atoms with Gasteiger partial charge in [-0.2, -0.15) is 0 Å². The molecule has 1 atom stereocenters. The summed E-state index contributed by atoms with van der Waals surface area (Å²) in [5.74, 6) is -0.960. The SMILES string of the molecule is CC1CCc2ccccc2N1C(=O)CS(=O)(=O)Cc1cccc2ccccc12. The minimum atomic E-state index is -3.59. The molecule has 3 aromatic rings. The van der Waals surface area contributed by atoms with E-state index in [1.54, 1.807) is 4.90 Å². The maximum absolute atomic E-state index is 13.0. The van der Waals surface area contributed by atoms with Gasteiger partial charge in [0.2, 0.25) is 5.91 Å². The summed E-state index contributed by atoms with van der Waals surface area (Å²) < 4.78 is 25.7. The Hall–Kier alpha value is -2.66. The highest BCUT2D eigenvalue weighted by Gasteiger charge is 2.31. The van der Waals surface area contributed by atoms with Crippen LogP contribution in [0, 0.1) is 0 Å². The molecule has 3 aromatic carbocycles. The number of amides is 1. The summed E-state index contributed by atoms with van der Waals surface area (Å²) >= 11 is 0. The number of carbonyl (C=O) groups excluding carboxylic acids is 1. The first-order valence-corrected chi connectivity index (χ1v) is 11.3. The van der Waals surface area contributed by atoms with Gasteiger partial charge in [0.1, 0.15) is 5.75 Å². The van der Waals surface area contributed by atoms with E-state index in [9.17, 15) is 13.2 Å². The molecule has 5 heteroatoms. The molecule has 0 spiro atoms. The Bertz CT molecular complexity index is 1130. The van der Waals surface area contributed by atoms with Gasteiger partial charge >= 0.3 is 0 Å². The third-order valence-corrected chi connectivity index (χ3v) is 6.83. The topological polar surface area (TPSA) is 54.5 Å². The molecule has 4 nitrogen and oxygen atoms in total. The van der Waals surface area contributed by atoms with Crippen molar-refractivity contribution in [2.45, 2.75) is 31.6 Å².